The minimum Gasteiger partial charge on any atom is -0.492 e. The zero-order valence-corrected chi connectivity index (χ0v) is 15.3. The van der Waals surface area contributed by atoms with Crippen LogP contribution in [0.15, 0.2) is 35.3 Å². The Hall–Kier alpha value is -1.75. The quantitative estimate of drug-likeness (QED) is 0.619. The second-order valence-corrected chi connectivity index (χ2v) is 6.60. The van der Waals surface area contributed by atoms with Crippen molar-refractivity contribution in [2.24, 2.45) is 10.4 Å². The van der Waals surface area contributed by atoms with Crippen molar-refractivity contribution in [2.45, 2.75) is 26.9 Å². The third-order valence-electron chi connectivity index (χ3n) is 3.71. The van der Waals surface area contributed by atoms with Crippen LogP contribution in [0.4, 0.5) is 0 Å². The number of nitrogens with zero attached hydrogens (tertiary/aromatic N) is 2. The van der Waals surface area contributed by atoms with Crippen LogP contribution in [-0.2, 0) is 4.74 Å². The molecule has 0 aliphatic heterocycles. The fourth-order valence-corrected chi connectivity index (χ4v) is 2.23. The van der Waals surface area contributed by atoms with Gasteiger partial charge >= 0.3 is 0 Å². The van der Waals surface area contributed by atoms with E-state index in [1.807, 2.05) is 37.4 Å². The second-order valence-electron chi connectivity index (χ2n) is 6.60. The smallest absolute Gasteiger partial charge is 0.193 e. The van der Waals surface area contributed by atoms with E-state index >= 15 is 0 Å². The Morgan fingerprint density at radius 1 is 1.26 bits per heavy atom. The summed E-state index contributed by atoms with van der Waals surface area (Å²) in [4.78, 5) is 6.38. The number of para-hydroxylation sites is 1. The summed E-state index contributed by atoms with van der Waals surface area (Å²) in [6.07, 6.45) is 0.119. The SMILES string of the molecule is CN=C(NCC(OC)C(C)(C)C)N(C)CCOc1ccccc1. The van der Waals surface area contributed by atoms with E-state index in [-0.39, 0.29) is 11.5 Å². The van der Waals surface area contributed by atoms with E-state index in [2.05, 4.69) is 36.0 Å². The summed E-state index contributed by atoms with van der Waals surface area (Å²) < 4.78 is 11.3. The third kappa shape index (κ3) is 6.91. The average molecular weight is 321 g/mol. The maximum atomic E-state index is 5.72. The Morgan fingerprint density at radius 3 is 2.43 bits per heavy atom. The molecule has 1 aromatic carbocycles. The number of hydrogen-bond donors (Lipinski definition) is 1. The van der Waals surface area contributed by atoms with Crippen LogP contribution in [0.2, 0.25) is 0 Å². The molecule has 1 rings (SSSR count). The Kier molecular flexibility index (Phi) is 7.89. The lowest BCUT2D eigenvalue weighted by molar-refractivity contribution is 0.0202. The monoisotopic (exact) mass is 321 g/mol. The Balaban J connectivity index is 2.41. The molecule has 130 valence electrons. The lowest BCUT2D eigenvalue weighted by Gasteiger charge is -2.31. The van der Waals surface area contributed by atoms with Gasteiger partial charge in [0.25, 0.3) is 0 Å². The molecule has 1 aromatic rings. The summed E-state index contributed by atoms with van der Waals surface area (Å²) in [6.45, 7) is 8.58. The third-order valence-corrected chi connectivity index (χ3v) is 3.71. The number of guanidine groups is 1. The van der Waals surface area contributed by atoms with Crippen LogP contribution in [0.3, 0.4) is 0 Å². The molecule has 1 unspecified atom stereocenters. The van der Waals surface area contributed by atoms with Gasteiger partial charge in [-0.1, -0.05) is 39.0 Å². The van der Waals surface area contributed by atoms with Crippen molar-refractivity contribution < 1.29 is 9.47 Å². The molecule has 0 aliphatic carbocycles. The van der Waals surface area contributed by atoms with Gasteiger partial charge in [-0.25, -0.2) is 0 Å². The standard InChI is InChI=1S/C18H31N3O2/c1-18(2,3)16(22-6)14-20-17(19-4)21(5)12-13-23-15-10-8-7-9-11-15/h7-11,16H,12-14H2,1-6H3,(H,19,20). The number of nitrogens with one attached hydrogen (secondary N) is 1. The van der Waals surface area contributed by atoms with Crippen LogP contribution in [0.25, 0.3) is 0 Å². The van der Waals surface area contributed by atoms with Crippen molar-refractivity contribution in [3.63, 3.8) is 0 Å². The first-order valence-electron chi connectivity index (χ1n) is 8.01. The summed E-state index contributed by atoms with van der Waals surface area (Å²) >= 11 is 0. The fraction of sp³-hybridized carbons (Fsp3) is 0.611. The lowest BCUT2D eigenvalue weighted by Crippen LogP contribution is -2.46. The van der Waals surface area contributed by atoms with E-state index in [4.69, 9.17) is 9.47 Å². The largest absolute Gasteiger partial charge is 0.492 e. The Bertz CT molecular complexity index is 469. The van der Waals surface area contributed by atoms with E-state index < -0.39 is 0 Å². The molecular formula is C18H31N3O2. The summed E-state index contributed by atoms with van der Waals surface area (Å²) in [5, 5.41) is 3.37. The van der Waals surface area contributed by atoms with Gasteiger partial charge in [0.15, 0.2) is 5.96 Å². The number of methoxy groups -OCH3 is 1. The molecule has 0 spiro atoms. The molecule has 1 N–H and O–H groups in total. The molecule has 23 heavy (non-hydrogen) atoms. The van der Waals surface area contributed by atoms with Gasteiger partial charge in [-0.2, -0.15) is 0 Å². The number of hydrogen-bond acceptors (Lipinski definition) is 3. The maximum absolute atomic E-state index is 5.72. The summed E-state index contributed by atoms with van der Waals surface area (Å²) in [7, 11) is 5.54. The molecule has 0 heterocycles. The Morgan fingerprint density at radius 2 is 1.91 bits per heavy atom. The van der Waals surface area contributed by atoms with Crippen LogP contribution in [0, 0.1) is 5.41 Å². The van der Waals surface area contributed by atoms with Crippen molar-refractivity contribution >= 4 is 5.96 Å². The van der Waals surface area contributed by atoms with Gasteiger partial charge in [0.05, 0.1) is 12.6 Å². The van der Waals surface area contributed by atoms with Crippen LogP contribution in [0.5, 0.6) is 5.75 Å². The minimum atomic E-state index is 0.0790. The molecular weight excluding hydrogens is 290 g/mol. The van der Waals surface area contributed by atoms with Crippen molar-refractivity contribution in [2.75, 3.05) is 40.9 Å². The number of likely N-dealkylation sites (N-methyl/N-ethyl adjacent to an activating group) is 1. The summed E-state index contributed by atoms with van der Waals surface area (Å²) in [6, 6.07) is 9.83. The lowest BCUT2D eigenvalue weighted by atomic mass is 9.89. The number of benzene rings is 1. The molecule has 0 aliphatic rings. The molecule has 0 saturated carbocycles. The molecule has 0 aromatic heterocycles. The molecule has 5 nitrogen and oxygen atoms in total. The van der Waals surface area contributed by atoms with Crippen molar-refractivity contribution in [3.8, 4) is 5.75 Å². The highest BCUT2D eigenvalue weighted by Crippen LogP contribution is 2.20. The van der Waals surface area contributed by atoms with Crippen molar-refractivity contribution in [1.82, 2.24) is 10.2 Å². The normalized spacial score (nSPS) is 13.6. The van der Waals surface area contributed by atoms with Crippen molar-refractivity contribution in [1.29, 1.82) is 0 Å². The first-order chi connectivity index (χ1) is 10.9. The summed E-state index contributed by atoms with van der Waals surface area (Å²) in [5.41, 5.74) is 0.0790. The van der Waals surface area contributed by atoms with Gasteiger partial charge in [0, 0.05) is 27.7 Å². The minimum absolute atomic E-state index is 0.0790. The van der Waals surface area contributed by atoms with Gasteiger partial charge in [0.1, 0.15) is 12.4 Å². The van der Waals surface area contributed by atoms with E-state index in [0.29, 0.717) is 6.61 Å². The van der Waals surface area contributed by atoms with Gasteiger partial charge < -0.3 is 19.7 Å². The molecule has 0 amide bonds. The van der Waals surface area contributed by atoms with Crippen molar-refractivity contribution in [3.05, 3.63) is 30.3 Å². The summed E-state index contributed by atoms with van der Waals surface area (Å²) in [5.74, 6) is 1.73. The molecule has 0 fully saturated rings. The van der Waals surface area contributed by atoms with Crippen LogP contribution in [0.1, 0.15) is 20.8 Å². The van der Waals surface area contributed by atoms with Gasteiger partial charge in [0.2, 0.25) is 0 Å². The predicted octanol–water partition coefficient (Wildman–Crippen LogP) is 2.63. The van der Waals surface area contributed by atoms with Crippen LogP contribution in [-0.4, -0.2) is 57.9 Å². The number of ether oxygens (including phenoxy) is 2. The molecule has 0 saturated heterocycles. The van der Waals surface area contributed by atoms with Gasteiger partial charge in [-0.05, 0) is 17.5 Å². The number of aliphatic imine (C=N–C) groups is 1. The zero-order valence-electron chi connectivity index (χ0n) is 15.3. The maximum Gasteiger partial charge on any atom is 0.193 e. The second kappa shape index (κ2) is 9.40. The topological polar surface area (TPSA) is 46.1 Å². The van der Waals surface area contributed by atoms with Gasteiger partial charge in [-0.3, -0.25) is 4.99 Å². The van der Waals surface area contributed by atoms with E-state index in [0.717, 1.165) is 24.8 Å². The average Bonchev–Trinajstić information content (AvgIpc) is 2.51. The first kappa shape index (κ1) is 19.3. The predicted molar refractivity (Wildman–Crippen MR) is 96.2 cm³/mol. The molecule has 5 heteroatoms. The van der Waals surface area contributed by atoms with E-state index in [1.54, 1.807) is 14.2 Å². The van der Waals surface area contributed by atoms with Crippen LogP contribution >= 0.6 is 0 Å². The molecule has 0 radical (unpaired) electrons. The highest BCUT2D eigenvalue weighted by molar-refractivity contribution is 5.79. The number of rotatable bonds is 7. The molecule has 1 atom stereocenters. The fourth-order valence-electron chi connectivity index (χ4n) is 2.23. The highest BCUT2D eigenvalue weighted by atomic mass is 16.5. The van der Waals surface area contributed by atoms with E-state index in [9.17, 15) is 0 Å². The zero-order chi connectivity index (χ0) is 17.3. The van der Waals surface area contributed by atoms with Gasteiger partial charge in [-0.15, -0.1) is 0 Å². The Labute approximate surface area is 140 Å². The highest BCUT2D eigenvalue weighted by Gasteiger charge is 2.24. The first-order valence-corrected chi connectivity index (χ1v) is 8.01. The van der Waals surface area contributed by atoms with E-state index in [1.165, 1.54) is 0 Å². The molecule has 0 bridgehead atoms. The van der Waals surface area contributed by atoms with Crippen LogP contribution < -0.4 is 10.1 Å².